The van der Waals surface area contributed by atoms with E-state index in [4.69, 9.17) is 0 Å². The van der Waals surface area contributed by atoms with Crippen LogP contribution in [0.4, 0.5) is 11.6 Å². The zero-order chi connectivity index (χ0) is 14.5. The Morgan fingerprint density at radius 2 is 1.95 bits per heavy atom. The fourth-order valence-corrected chi connectivity index (χ4v) is 3.13. The van der Waals surface area contributed by atoms with Crippen molar-refractivity contribution in [3.8, 4) is 0 Å². The Morgan fingerprint density at radius 1 is 1.20 bits per heavy atom. The Labute approximate surface area is 124 Å². The van der Waals surface area contributed by atoms with E-state index in [0.29, 0.717) is 6.04 Å². The molecule has 5 heteroatoms. The predicted octanol–water partition coefficient (Wildman–Crippen LogP) is 3.63. The zero-order valence-electron chi connectivity index (χ0n) is 12.5. The SMILES string of the molecule is CCNc1cc(NC(C)Cc2ccc(C)s2)nc(C)n1. The van der Waals surface area contributed by atoms with Gasteiger partial charge in [0.1, 0.15) is 17.5 Å². The second-order valence-electron chi connectivity index (χ2n) is 4.98. The fourth-order valence-electron chi connectivity index (χ4n) is 2.11. The molecule has 0 spiro atoms. The first-order valence-electron chi connectivity index (χ1n) is 6.98. The lowest BCUT2D eigenvalue weighted by Crippen LogP contribution is -2.19. The van der Waals surface area contributed by atoms with Crippen molar-refractivity contribution in [2.24, 2.45) is 0 Å². The largest absolute Gasteiger partial charge is 0.370 e. The zero-order valence-corrected chi connectivity index (χ0v) is 13.3. The molecule has 0 aliphatic heterocycles. The van der Waals surface area contributed by atoms with E-state index in [1.54, 1.807) is 0 Å². The highest BCUT2D eigenvalue weighted by atomic mass is 32.1. The van der Waals surface area contributed by atoms with Gasteiger partial charge in [0.15, 0.2) is 0 Å². The molecule has 2 aromatic heterocycles. The Morgan fingerprint density at radius 3 is 2.60 bits per heavy atom. The van der Waals surface area contributed by atoms with Crippen LogP contribution in [0.5, 0.6) is 0 Å². The third-order valence-corrected chi connectivity index (χ3v) is 3.92. The highest BCUT2D eigenvalue weighted by molar-refractivity contribution is 7.11. The average Bonchev–Trinajstić information content (AvgIpc) is 2.74. The summed E-state index contributed by atoms with van der Waals surface area (Å²) in [7, 11) is 0. The van der Waals surface area contributed by atoms with E-state index < -0.39 is 0 Å². The Hall–Kier alpha value is -1.62. The third kappa shape index (κ3) is 4.20. The lowest BCUT2D eigenvalue weighted by molar-refractivity contribution is 0.791. The summed E-state index contributed by atoms with van der Waals surface area (Å²) >= 11 is 1.86. The maximum Gasteiger partial charge on any atom is 0.132 e. The van der Waals surface area contributed by atoms with Gasteiger partial charge in [0.25, 0.3) is 0 Å². The van der Waals surface area contributed by atoms with Crippen LogP contribution in [0.15, 0.2) is 18.2 Å². The summed E-state index contributed by atoms with van der Waals surface area (Å²) < 4.78 is 0. The van der Waals surface area contributed by atoms with E-state index >= 15 is 0 Å². The fraction of sp³-hybridized carbons (Fsp3) is 0.467. The van der Waals surface area contributed by atoms with Crippen LogP contribution in [0.1, 0.15) is 29.4 Å². The number of nitrogens with one attached hydrogen (secondary N) is 2. The van der Waals surface area contributed by atoms with E-state index in [-0.39, 0.29) is 0 Å². The molecule has 0 bridgehead atoms. The molecule has 0 aliphatic carbocycles. The van der Waals surface area contributed by atoms with Gasteiger partial charge < -0.3 is 10.6 Å². The number of nitrogens with zero attached hydrogens (tertiary/aromatic N) is 2. The van der Waals surface area contributed by atoms with Crippen molar-refractivity contribution in [1.82, 2.24) is 9.97 Å². The molecule has 0 saturated carbocycles. The highest BCUT2D eigenvalue weighted by Crippen LogP contribution is 2.18. The summed E-state index contributed by atoms with van der Waals surface area (Å²) in [5.41, 5.74) is 0. The van der Waals surface area contributed by atoms with Gasteiger partial charge in [-0.3, -0.25) is 0 Å². The average molecular weight is 290 g/mol. The highest BCUT2D eigenvalue weighted by Gasteiger charge is 2.08. The number of hydrogen-bond acceptors (Lipinski definition) is 5. The number of anilines is 2. The van der Waals surface area contributed by atoms with E-state index in [1.165, 1.54) is 9.75 Å². The van der Waals surface area contributed by atoms with Crippen molar-refractivity contribution < 1.29 is 0 Å². The van der Waals surface area contributed by atoms with Crippen LogP contribution in [0, 0.1) is 13.8 Å². The molecule has 0 aliphatic rings. The molecule has 108 valence electrons. The van der Waals surface area contributed by atoms with Crippen molar-refractivity contribution in [2.45, 2.75) is 40.2 Å². The van der Waals surface area contributed by atoms with Gasteiger partial charge >= 0.3 is 0 Å². The number of rotatable bonds is 6. The molecule has 0 saturated heterocycles. The molecule has 0 radical (unpaired) electrons. The van der Waals surface area contributed by atoms with Crippen LogP contribution in [0.2, 0.25) is 0 Å². The summed E-state index contributed by atoms with van der Waals surface area (Å²) in [5.74, 6) is 2.54. The topological polar surface area (TPSA) is 49.8 Å². The van der Waals surface area contributed by atoms with Gasteiger partial charge in [-0.1, -0.05) is 0 Å². The first kappa shape index (κ1) is 14.8. The molecule has 0 amide bonds. The van der Waals surface area contributed by atoms with Crippen molar-refractivity contribution in [1.29, 1.82) is 0 Å². The van der Waals surface area contributed by atoms with Crippen LogP contribution >= 0.6 is 11.3 Å². The molecule has 20 heavy (non-hydrogen) atoms. The molecular weight excluding hydrogens is 268 g/mol. The van der Waals surface area contributed by atoms with E-state index in [0.717, 1.165) is 30.4 Å². The first-order valence-corrected chi connectivity index (χ1v) is 7.80. The first-order chi connectivity index (χ1) is 9.56. The Balaban J connectivity index is 2.01. The molecule has 1 atom stereocenters. The molecule has 1 unspecified atom stereocenters. The van der Waals surface area contributed by atoms with E-state index in [9.17, 15) is 0 Å². The third-order valence-electron chi connectivity index (χ3n) is 2.89. The smallest absolute Gasteiger partial charge is 0.132 e. The molecule has 0 aromatic carbocycles. The molecule has 2 N–H and O–H groups in total. The normalized spacial score (nSPS) is 12.2. The Kier molecular flexibility index (Phi) is 4.95. The second-order valence-corrected chi connectivity index (χ2v) is 6.35. The van der Waals surface area contributed by atoms with Crippen LogP contribution < -0.4 is 10.6 Å². The van der Waals surface area contributed by atoms with E-state index in [2.05, 4.69) is 53.5 Å². The summed E-state index contributed by atoms with van der Waals surface area (Å²) in [6, 6.07) is 6.68. The number of aromatic nitrogens is 2. The molecular formula is C15H22N4S. The van der Waals surface area contributed by atoms with Gasteiger partial charge in [0, 0.05) is 34.8 Å². The molecule has 4 nitrogen and oxygen atoms in total. The van der Waals surface area contributed by atoms with Crippen LogP contribution in [-0.4, -0.2) is 22.6 Å². The standard InChI is InChI=1S/C15H22N4S/c1-5-16-14-9-15(19-12(4)18-14)17-10(2)8-13-7-6-11(3)20-13/h6-7,9-10H,5,8H2,1-4H3,(H2,16,17,18,19). The quantitative estimate of drug-likeness (QED) is 0.853. The van der Waals surface area contributed by atoms with Crippen LogP contribution in [0.3, 0.4) is 0 Å². The summed E-state index contributed by atoms with van der Waals surface area (Å²) in [6.45, 7) is 9.16. The maximum atomic E-state index is 4.44. The van der Waals surface area contributed by atoms with Gasteiger partial charge in [0.2, 0.25) is 0 Å². The minimum absolute atomic E-state index is 0.344. The minimum Gasteiger partial charge on any atom is -0.370 e. The van der Waals surface area contributed by atoms with Gasteiger partial charge in [0.05, 0.1) is 0 Å². The lowest BCUT2D eigenvalue weighted by atomic mass is 10.2. The summed E-state index contributed by atoms with van der Waals surface area (Å²) in [4.78, 5) is 11.6. The Bertz CT molecular complexity index is 565. The monoisotopic (exact) mass is 290 g/mol. The van der Waals surface area contributed by atoms with Gasteiger partial charge in [-0.2, -0.15) is 0 Å². The maximum absolute atomic E-state index is 4.44. The molecule has 2 heterocycles. The van der Waals surface area contributed by atoms with E-state index in [1.807, 2.05) is 24.3 Å². The molecule has 0 fully saturated rings. The number of aryl methyl sites for hydroxylation is 2. The summed E-state index contributed by atoms with van der Waals surface area (Å²) in [5, 5.41) is 6.68. The van der Waals surface area contributed by atoms with Crippen molar-refractivity contribution in [3.05, 3.63) is 33.8 Å². The number of thiophene rings is 1. The van der Waals surface area contributed by atoms with Crippen molar-refractivity contribution in [2.75, 3.05) is 17.2 Å². The van der Waals surface area contributed by atoms with Crippen molar-refractivity contribution in [3.63, 3.8) is 0 Å². The van der Waals surface area contributed by atoms with Gasteiger partial charge in [-0.05, 0) is 39.8 Å². The second kappa shape index (κ2) is 6.70. The number of hydrogen-bond donors (Lipinski definition) is 2. The minimum atomic E-state index is 0.344. The van der Waals surface area contributed by atoms with Crippen molar-refractivity contribution >= 4 is 23.0 Å². The lowest BCUT2D eigenvalue weighted by Gasteiger charge is -2.15. The van der Waals surface area contributed by atoms with Crippen LogP contribution in [-0.2, 0) is 6.42 Å². The summed E-state index contributed by atoms with van der Waals surface area (Å²) in [6.07, 6.45) is 1.01. The molecule has 2 rings (SSSR count). The predicted molar refractivity (Wildman–Crippen MR) is 86.8 cm³/mol. The van der Waals surface area contributed by atoms with Gasteiger partial charge in [-0.15, -0.1) is 11.3 Å². The molecule has 2 aromatic rings. The van der Waals surface area contributed by atoms with Crippen LogP contribution in [0.25, 0.3) is 0 Å². The van der Waals surface area contributed by atoms with Gasteiger partial charge in [-0.25, -0.2) is 9.97 Å².